The summed E-state index contributed by atoms with van der Waals surface area (Å²) >= 11 is 5.72. The summed E-state index contributed by atoms with van der Waals surface area (Å²) in [6.07, 6.45) is 0. The van der Waals surface area contributed by atoms with Gasteiger partial charge in [-0.3, -0.25) is 4.79 Å². The van der Waals surface area contributed by atoms with Gasteiger partial charge in [0, 0.05) is 29.2 Å². The highest BCUT2D eigenvalue weighted by Crippen LogP contribution is 2.35. The molecule has 172 valence electrons. The minimum Gasteiger partial charge on any atom is -0.454 e. The van der Waals surface area contributed by atoms with Gasteiger partial charge in [-0.15, -0.1) is 0 Å². The molecule has 0 bridgehead atoms. The zero-order valence-electron chi connectivity index (χ0n) is 18.4. The Bertz CT molecular complexity index is 1440. The number of rotatable bonds is 5. The monoisotopic (exact) mass is 475 g/mol. The largest absolute Gasteiger partial charge is 0.454 e. The molecule has 0 amide bonds. The van der Waals surface area contributed by atoms with Crippen molar-refractivity contribution in [2.75, 3.05) is 12.1 Å². The van der Waals surface area contributed by atoms with Crippen LogP contribution in [0.25, 0.3) is 10.9 Å². The molecule has 4 aromatic rings. The molecular formula is C26H22FN3O3S. The first kappa shape index (κ1) is 21.9. The number of H-pyrrole nitrogens is 1. The Morgan fingerprint density at radius 2 is 1.82 bits per heavy atom. The second kappa shape index (κ2) is 9.15. The highest BCUT2D eigenvalue weighted by atomic mass is 32.1. The topological polar surface area (TPSA) is 66.6 Å². The van der Waals surface area contributed by atoms with E-state index in [9.17, 15) is 9.18 Å². The van der Waals surface area contributed by atoms with E-state index in [1.165, 1.54) is 12.1 Å². The van der Waals surface area contributed by atoms with Crippen LogP contribution in [-0.2, 0) is 13.1 Å². The van der Waals surface area contributed by atoms with Crippen LogP contribution >= 0.6 is 12.2 Å². The lowest BCUT2D eigenvalue weighted by Crippen LogP contribution is -2.35. The summed E-state index contributed by atoms with van der Waals surface area (Å²) in [5.41, 5.74) is 3.83. The van der Waals surface area contributed by atoms with E-state index in [2.05, 4.69) is 10.3 Å². The molecule has 5 rings (SSSR count). The number of benzene rings is 3. The third-order valence-corrected chi connectivity index (χ3v) is 5.98. The fourth-order valence-electron chi connectivity index (χ4n) is 3.90. The van der Waals surface area contributed by atoms with Gasteiger partial charge < -0.3 is 24.7 Å². The summed E-state index contributed by atoms with van der Waals surface area (Å²) in [4.78, 5) is 17.7. The van der Waals surface area contributed by atoms with Gasteiger partial charge in [0.25, 0.3) is 5.56 Å². The first-order valence-electron chi connectivity index (χ1n) is 10.8. The highest BCUT2D eigenvalue weighted by Gasteiger charge is 2.18. The second-order valence-corrected chi connectivity index (χ2v) is 8.59. The molecule has 0 radical (unpaired) electrons. The van der Waals surface area contributed by atoms with E-state index in [0.29, 0.717) is 34.2 Å². The van der Waals surface area contributed by atoms with Gasteiger partial charge in [-0.1, -0.05) is 24.3 Å². The summed E-state index contributed by atoms with van der Waals surface area (Å²) in [6, 6.07) is 19.6. The van der Waals surface area contributed by atoms with Crippen molar-refractivity contribution in [3.63, 3.8) is 0 Å². The fourth-order valence-corrected chi connectivity index (χ4v) is 4.15. The van der Waals surface area contributed by atoms with Gasteiger partial charge in [0.1, 0.15) is 5.82 Å². The molecule has 0 atom stereocenters. The minimum atomic E-state index is -0.305. The number of nitrogens with zero attached hydrogens (tertiary/aromatic N) is 1. The number of thiocarbonyl (C=S) groups is 1. The van der Waals surface area contributed by atoms with Crippen molar-refractivity contribution < 1.29 is 13.9 Å². The number of aromatic nitrogens is 1. The zero-order chi connectivity index (χ0) is 23.7. The molecule has 6 nitrogen and oxygen atoms in total. The number of anilines is 1. The number of hydrogen-bond donors (Lipinski definition) is 2. The van der Waals surface area contributed by atoms with Crippen molar-refractivity contribution >= 4 is 33.9 Å². The normalized spacial score (nSPS) is 12.1. The van der Waals surface area contributed by atoms with E-state index in [-0.39, 0.29) is 24.7 Å². The van der Waals surface area contributed by atoms with Crippen molar-refractivity contribution in [3.05, 3.63) is 99.6 Å². The number of nitrogens with one attached hydrogen (secondary N) is 2. The Morgan fingerprint density at radius 1 is 1.06 bits per heavy atom. The number of aryl methyl sites for hydroxylation is 1. The molecule has 0 fully saturated rings. The summed E-state index contributed by atoms with van der Waals surface area (Å²) < 4.78 is 24.3. The van der Waals surface area contributed by atoms with Gasteiger partial charge in [-0.2, -0.15) is 0 Å². The molecule has 3 aromatic carbocycles. The van der Waals surface area contributed by atoms with Crippen molar-refractivity contribution in [2.45, 2.75) is 20.0 Å². The number of pyridine rings is 1. The van der Waals surface area contributed by atoms with Crippen LogP contribution in [0.4, 0.5) is 10.1 Å². The van der Waals surface area contributed by atoms with Crippen molar-refractivity contribution in [3.8, 4) is 11.5 Å². The van der Waals surface area contributed by atoms with Crippen LogP contribution in [0.2, 0.25) is 0 Å². The second-order valence-electron chi connectivity index (χ2n) is 8.20. The molecule has 0 saturated carbocycles. The van der Waals surface area contributed by atoms with Crippen LogP contribution < -0.4 is 20.3 Å². The standard InChI is InChI=1S/C26H22FN3O3S/c1-16-3-2-4-21(9-16)28-26(34)30(13-17-5-7-20(27)8-6-17)14-19-10-18-11-23-24(33-15-32-23)12-22(18)29-25(19)31/h2-12H,13-15H2,1H3,(H,28,34)(H,29,31). The lowest BCUT2D eigenvalue weighted by atomic mass is 10.1. The Labute approximate surface area is 200 Å². The quantitative estimate of drug-likeness (QED) is 0.392. The van der Waals surface area contributed by atoms with Gasteiger partial charge in [-0.25, -0.2) is 4.39 Å². The predicted molar refractivity (Wildman–Crippen MR) is 134 cm³/mol. The third kappa shape index (κ3) is 4.72. The van der Waals surface area contributed by atoms with Gasteiger partial charge in [0.15, 0.2) is 16.6 Å². The Balaban J connectivity index is 1.46. The zero-order valence-corrected chi connectivity index (χ0v) is 19.2. The summed E-state index contributed by atoms with van der Waals surface area (Å²) in [7, 11) is 0. The van der Waals surface area contributed by atoms with Crippen molar-refractivity contribution in [1.82, 2.24) is 9.88 Å². The number of hydrogen-bond acceptors (Lipinski definition) is 4. The Hall–Kier alpha value is -3.91. The average Bonchev–Trinajstić information content (AvgIpc) is 3.26. The van der Waals surface area contributed by atoms with E-state index in [4.69, 9.17) is 21.7 Å². The van der Waals surface area contributed by atoms with Crippen LogP contribution in [0, 0.1) is 12.7 Å². The maximum atomic E-state index is 13.4. The minimum absolute atomic E-state index is 0.160. The molecule has 1 aromatic heterocycles. The molecule has 2 heterocycles. The van der Waals surface area contributed by atoms with E-state index in [1.807, 2.05) is 48.2 Å². The van der Waals surface area contributed by atoms with Gasteiger partial charge in [0.2, 0.25) is 6.79 Å². The Kier molecular flexibility index (Phi) is 5.90. The van der Waals surface area contributed by atoms with E-state index < -0.39 is 0 Å². The van der Waals surface area contributed by atoms with Crippen molar-refractivity contribution in [1.29, 1.82) is 0 Å². The van der Waals surface area contributed by atoms with Gasteiger partial charge >= 0.3 is 0 Å². The highest BCUT2D eigenvalue weighted by molar-refractivity contribution is 7.80. The molecule has 0 saturated heterocycles. The van der Waals surface area contributed by atoms with Gasteiger partial charge in [0.05, 0.1) is 12.1 Å². The average molecular weight is 476 g/mol. The molecule has 2 N–H and O–H groups in total. The van der Waals surface area contributed by atoms with Crippen LogP contribution in [0.15, 0.2) is 71.5 Å². The van der Waals surface area contributed by atoms with Crippen LogP contribution in [0.5, 0.6) is 11.5 Å². The van der Waals surface area contributed by atoms with Crippen LogP contribution in [0.1, 0.15) is 16.7 Å². The van der Waals surface area contributed by atoms with E-state index in [0.717, 1.165) is 22.2 Å². The lowest BCUT2D eigenvalue weighted by Gasteiger charge is -2.26. The molecular weight excluding hydrogens is 453 g/mol. The maximum absolute atomic E-state index is 13.4. The third-order valence-electron chi connectivity index (χ3n) is 5.62. The number of aromatic amines is 1. The maximum Gasteiger partial charge on any atom is 0.253 e. The molecule has 1 aliphatic heterocycles. The SMILES string of the molecule is Cc1cccc(NC(=S)N(Cc2ccc(F)cc2)Cc2cc3cc4c(cc3[nH]c2=O)OCO4)c1. The molecule has 0 spiro atoms. The summed E-state index contributed by atoms with van der Waals surface area (Å²) in [6.45, 7) is 2.82. The molecule has 0 unspecified atom stereocenters. The molecule has 34 heavy (non-hydrogen) atoms. The molecule has 1 aliphatic rings. The fraction of sp³-hybridized carbons (Fsp3) is 0.154. The van der Waals surface area contributed by atoms with E-state index in [1.54, 1.807) is 18.2 Å². The first-order valence-corrected chi connectivity index (χ1v) is 11.2. The predicted octanol–water partition coefficient (Wildman–Crippen LogP) is 5.10. The van der Waals surface area contributed by atoms with Crippen LogP contribution in [-0.4, -0.2) is 21.8 Å². The van der Waals surface area contributed by atoms with Crippen LogP contribution in [0.3, 0.4) is 0 Å². The lowest BCUT2D eigenvalue weighted by molar-refractivity contribution is 0.174. The Morgan fingerprint density at radius 3 is 2.59 bits per heavy atom. The number of fused-ring (bicyclic) bond motifs is 2. The number of halogens is 1. The summed E-state index contributed by atoms with van der Waals surface area (Å²) in [5, 5.41) is 4.55. The number of ether oxygens (including phenoxy) is 2. The molecule has 0 aliphatic carbocycles. The summed E-state index contributed by atoms with van der Waals surface area (Å²) in [5.74, 6) is 0.947. The first-order chi connectivity index (χ1) is 16.4. The van der Waals surface area contributed by atoms with E-state index >= 15 is 0 Å². The smallest absolute Gasteiger partial charge is 0.253 e. The molecule has 8 heteroatoms. The van der Waals surface area contributed by atoms with Gasteiger partial charge in [-0.05, 0) is 66.7 Å². The van der Waals surface area contributed by atoms with Crippen molar-refractivity contribution in [2.24, 2.45) is 0 Å².